The zero-order valence-corrected chi connectivity index (χ0v) is 11.4. The molecular weight excluding hydrogens is 260 g/mol. The SMILES string of the molecule is Cn1cc(CCSc2nc3cc(N)ccc3o2)cn1. The van der Waals surface area contributed by atoms with Crippen molar-refractivity contribution >= 4 is 28.5 Å². The monoisotopic (exact) mass is 274 g/mol. The van der Waals surface area contributed by atoms with Gasteiger partial charge in [-0.1, -0.05) is 11.8 Å². The number of thioether (sulfide) groups is 1. The number of hydrogen-bond acceptors (Lipinski definition) is 5. The fourth-order valence-electron chi connectivity index (χ4n) is 1.84. The average molecular weight is 274 g/mol. The molecule has 0 aliphatic heterocycles. The van der Waals surface area contributed by atoms with Crippen molar-refractivity contribution in [3.63, 3.8) is 0 Å². The number of oxazole rings is 1. The highest BCUT2D eigenvalue weighted by Crippen LogP contribution is 2.25. The van der Waals surface area contributed by atoms with Crippen molar-refractivity contribution in [2.75, 3.05) is 11.5 Å². The van der Waals surface area contributed by atoms with Crippen molar-refractivity contribution in [3.05, 3.63) is 36.2 Å². The van der Waals surface area contributed by atoms with Crippen LogP contribution in [0.3, 0.4) is 0 Å². The molecule has 0 radical (unpaired) electrons. The predicted molar refractivity (Wildman–Crippen MR) is 76.1 cm³/mol. The van der Waals surface area contributed by atoms with E-state index in [1.165, 1.54) is 5.56 Å². The Hall–Kier alpha value is -1.95. The molecular formula is C13H14N4OS. The van der Waals surface area contributed by atoms with Crippen molar-refractivity contribution in [3.8, 4) is 0 Å². The molecule has 2 N–H and O–H groups in total. The van der Waals surface area contributed by atoms with E-state index in [1.54, 1.807) is 11.8 Å². The number of rotatable bonds is 4. The van der Waals surface area contributed by atoms with E-state index in [2.05, 4.69) is 10.1 Å². The summed E-state index contributed by atoms with van der Waals surface area (Å²) in [7, 11) is 1.92. The van der Waals surface area contributed by atoms with Gasteiger partial charge < -0.3 is 10.2 Å². The minimum atomic E-state index is 0.685. The molecule has 6 heteroatoms. The number of nitrogens with two attached hydrogens (primary N) is 1. The molecule has 0 saturated carbocycles. The molecule has 2 aromatic heterocycles. The van der Waals surface area contributed by atoms with Gasteiger partial charge in [0.2, 0.25) is 0 Å². The van der Waals surface area contributed by atoms with E-state index in [0.29, 0.717) is 10.9 Å². The molecule has 0 aliphatic carbocycles. The Labute approximate surface area is 114 Å². The van der Waals surface area contributed by atoms with E-state index in [-0.39, 0.29) is 0 Å². The zero-order valence-electron chi connectivity index (χ0n) is 10.5. The Kier molecular flexibility index (Phi) is 3.16. The highest BCUT2D eigenvalue weighted by atomic mass is 32.2. The summed E-state index contributed by atoms with van der Waals surface area (Å²) in [5.41, 5.74) is 9.22. The quantitative estimate of drug-likeness (QED) is 0.584. The van der Waals surface area contributed by atoms with Gasteiger partial charge in [-0.25, -0.2) is 4.98 Å². The van der Waals surface area contributed by atoms with E-state index in [4.69, 9.17) is 10.2 Å². The van der Waals surface area contributed by atoms with Crippen LogP contribution in [0.15, 0.2) is 40.2 Å². The highest BCUT2D eigenvalue weighted by Gasteiger charge is 2.06. The van der Waals surface area contributed by atoms with E-state index < -0.39 is 0 Å². The third-order valence-corrected chi connectivity index (χ3v) is 3.60. The first-order valence-electron chi connectivity index (χ1n) is 5.97. The molecule has 1 aromatic carbocycles. The molecule has 3 aromatic rings. The van der Waals surface area contributed by atoms with E-state index in [0.717, 1.165) is 23.3 Å². The first-order valence-corrected chi connectivity index (χ1v) is 6.96. The van der Waals surface area contributed by atoms with Crippen LogP contribution in [0.1, 0.15) is 5.56 Å². The van der Waals surface area contributed by atoms with Crippen LogP contribution in [0.4, 0.5) is 5.69 Å². The number of nitrogen functional groups attached to an aromatic ring is 1. The van der Waals surface area contributed by atoms with Crippen LogP contribution in [-0.2, 0) is 13.5 Å². The maximum Gasteiger partial charge on any atom is 0.256 e. The van der Waals surface area contributed by atoms with E-state index >= 15 is 0 Å². The van der Waals surface area contributed by atoms with Gasteiger partial charge in [0.05, 0.1) is 6.20 Å². The minimum absolute atomic E-state index is 0.685. The van der Waals surface area contributed by atoms with Gasteiger partial charge >= 0.3 is 0 Å². The lowest BCUT2D eigenvalue weighted by atomic mass is 10.3. The molecule has 0 spiro atoms. The van der Waals surface area contributed by atoms with Crippen molar-refractivity contribution in [2.45, 2.75) is 11.6 Å². The number of aryl methyl sites for hydroxylation is 2. The van der Waals surface area contributed by atoms with E-state index in [1.807, 2.05) is 42.3 Å². The second-order valence-corrected chi connectivity index (χ2v) is 5.37. The molecule has 5 nitrogen and oxygen atoms in total. The standard InChI is InChI=1S/C13H14N4OS/c1-17-8-9(7-15-17)4-5-19-13-16-11-6-10(14)2-3-12(11)18-13/h2-3,6-8H,4-5,14H2,1H3. The molecule has 0 fully saturated rings. The molecule has 0 unspecified atom stereocenters. The molecule has 3 rings (SSSR count). The topological polar surface area (TPSA) is 69.9 Å². The third-order valence-electron chi connectivity index (χ3n) is 2.77. The highest BCUT2D eigenvalue weighted by molar-refractivity contribution is 7.99. The van der Waals surface area contributed by atoms with Crippen LogP contribution < -0.4 is 5.73 Å². The van der Waals surface area contributed by atoms with Crippen LogP contribution in [0, 0.1) is 0 Å². The fourth-order valence-corrected chi connectivity index (χ4v) is 2.67. The summed E-state index contributed by atoms with van der Waals surface area (Å²) in [6.07, 6.45) is 4.85. The lowest BCUT2D eigenvalue weighted by Gasteiger charge is -1.94. The third kappa shape index (κ3) is 2.73. The minimum Gasteiger partial charge on any atom is -0.431 e. The van der Waals surface area contributed by atoms with Gasteiger partial charge in [-0.3, -0.25) is 4.68 Å². The summed E-state index contributed by atoms with van der Waals surface area (Å²) < 4.78 is 7.45. The van der Waals surface area contributed by atoms with Crippen LogP contribution in [-0.4, -0.2) is 20.5 Å². The van der Waals surface area contributed by atoms with Gasteiger partial charge in [0, 0.05) is 24.7 Å². The van der Waals surface area contributed by atoms with Gasteiger partial charge in [0.25, 0.3) is 5.22 Å². The van der Waals surface area contributed by atoms with Gasteiger partial charge in [-0.15, -0.1) is 0 Å². The molecule has 0 saturated heterocycles. The molecule has 19 heavy (non-hydrogen) atoms. The summed E-state index contributed by atoms with van der Waals surface area (Å²) in [4.78, 5) is 4.41. The summed E-state index contributed by atoms with van der Waals surface area (Å²) >= 11 is 1.60. The average Bonchev–Trinajstić information content (AvgIpc) is 2.95. The number of benzene rings is 1. The lowest BCUT2D eigenvalue weighted by molar-refractivity contribution is 0.489. The zero-order chi connectivity index (χ0) is 13.2. The maximum absolute atomic E-state index is 5.71. The molecule has 0 bridgehead atoms. The van der Waals surface area contributed by atoms with Gasteiger partial charge in [-0.05, 0) is 30.2 Å². The van der Waals surface area contributed by atoms with Crippen molar-refractivity contribution in [1.82, 2.24) is 14.8 Å². The normalized spacial score (nSPS) is 11.2. The summed E-state index contributed by atoms with van der Waals surface area (Å²) in [6.45, 7) is 0. The Morgan fingerprint density at radius 1 is 1.42 bits per heavy atom. The largest absolute Gasteiger partial charge is 0.431 e. The molecule has 0 amide bonds. The summed E-state index contributed by atoms with van der Waals surface area (Å²) in [6, 6.07) is 5.49. The fraction of sp³-hybridized carbons (Fsp3) is 0.231. The van der Waals surface area contributed by atoms with Crippen molar-refractivity contribution in [1.29, 1.82) is 0 Å². The summed E-state index contributed by atoms with van der Waals surface area (Å²) in [5, 5.41) is 4.83. The van der Waals surface area contributed by atoms with Crippen molar-refractivity contribution < 1.29 is 4.42 Å². The Morgan fingerprint density at radius 2 is 2.32 bits per heavy atom. The van der Waals surface area contributed by atoms with Crippen LogP contribution in [0.2, 0.25) is 0 Å². The second-order valence-electron chi connectivity index (χ2n) is 4.33. The second kappa shape index (κ2) is 4.97. The smallest absolute Gasteiger partial charge is 0.256 e. The van der Waals surface area contributed by atoms with Gasteiger partial charge in [-0.2, -0.15) is 5.10 Å². The number of nitrogens with zero attached hydrogens (tertiary/aromatic N) is 3. The molecule has 0 aliphatic rings. The summed E-state index contributed by atoms with van der Waals surface area (Å²) in [5.74, 6) is 0.911. The Balaban J connectivity index is 1.65. The number of hydrogen-bond donors (Lipinski definition) is 1. The van der Waals surface area contributed by atoms with Crippen LogP contribution in [0.25, 0.3) is 11.1 Å². The van der Waals surface area contributed by atoms with Gasteiger partial charge in [0.1, 0.15) is 5.52 Å². The molecule has 0 atom stereocenters. The Morgan fingerprint density at radius 3 is 3.11 bits per heavy atom. The van der Waals surface area contributed by atoms with E-state index in [9.17, 15) is 0 Å². The molecule has 2 heterocycles. The van der Waals surface area contributed by atoms with Crippen molar-refractivity contribution in [2.24, 2.45) is 7.05 Å². The lowest BCUT2D eigenvalue weighted by Crippen LogP contribution is -1.87. The first-order chi connectivity index (χ1) is 9.20. The Bertz CT molecular complexity index is 704. The number of anilines is 1. The predicted octanol–water partition coefficient (Wildman–Crippen LogP) is 2.48. The first kappa shape index (κ1) is 12.1. The number of aromatic nitrogens is 3. The molecule has 98 valence electrons. The van der Waals surface area contributed by atoms with Crippen LogP contribution in [0.5, 0.6) is 0 Å². The van der Waals surface area contributed by atoms with Crippen LogP contribution >= 0.6 is 11.8 Å². The number of fused-ring (bicyclic) bond motifs is 1. The van der Waals surface area contributed by atoms with Gasteiger partial charge in [0.15, 0.2) is 5.58 Å². The maximum atomic E-state index is 5.71.